The third-order valence-electron chi connectivity index (χ3n) is 6.62. The molecule has 2 heterocycles. The average molecular weight is 402 g/mol. The fourth-order valence-corrected chi connectivity index (χ4v) is 6.00. The number of aliphatic hydroxyl groups is 2. The van der Waals surface area contributed by atoms with Crippen molar-refractivity contribution in [1.82, 2.24) is 4.98 Å². The first-order chi connectivity index (χ1) is 13.7. The van der Waals surface area contributed by atoms with Crippen molar-refractivity contribution < 1.29 is 19.7 Å². The zero-order chi connectivity index (χ0) is 19.1. The van der Waals surface area contributed by atoms with Crippen molar-refractivity contribution in [3.05, 3.63) is 45.4 Å². The van der Waals surface area contributed by atoms with Crippen molar-refractivity contribution in [3.8, 4) is 5.75 Å². The van der Waals surface area contributed by atoms with E-state index in [4.69, 9.17) is 9.47 Å². The van der Waals surface area contributed by atoms with Gasteiger partial charge in [-0.15, -0.1) is 11.3 Å². The van der Waals surface area contributed by atoms with E-state index in [0.29, 0.717) is 24.6 Å². The lowest BCUT2D eigenvalue weighted by molar-refractivity contribution is -0.0812. The van der Waals surface area contributed by atoms with Crippen LogP contribution < -0.4 is 4.74 Å². The Morgan fingerprint density at radius 2 is 2.11 bits per heavy atom. The van der Waals surface area contributed by atoms with E-state index in [1.165, 1.54) is 24.0 Å². The van der Waals surface area contributed by atoms with Crippen molar-refractivity contribution in [2.45, 2.75) is 63.4 Å². The molecule has 0 amide bonds. The normalized spacial score (nSPS) is 31.6. The summed E-state index contributed by atoms with van der Waals surface area (Å²) in [6, 6.07) is 6.43. The second kappa shape index (κ2) is 7.75. The number of hydrogen-bond donors (Lipinski definition) is 2. The summed E-state index contributed by atoms with van der Waals surface area (Å²) in [5, 5.41) is 22.7. The van der Waals surface area contributed by atoms with Crippen LogP contribution in [0, 0.1) is 11.8 Å². The van der Waals surface area contributed by atoms with Crippen molar-refractivity contribution in [3.63, 3.8) is 0 Å². The van der Waals surface area contributed by atoms with Gasteiger partial charge in [-0.3, -0.25) is 0 Å². The molecule has 5 rings (SSSR count). The predicted octanol–water partition coefficient (Wildman–Crippen LogP) is 3.42. The zero-order valence-corrected chi connectivity index (χ0v) is 16.7. The summed E-state index contributed by atoms with van der Waals surface area (Å²) in [5.74, 6) is 1.37. The van der Waals surface area contributed by atoms with E-state index in [-0.39, 0.29) is 30.8 Å². The number of thiazole rings is 1. The molecule has 5 atom stereocenters. The van der Waals surface area contributed by atoms with E-state index in [1.54, 1.807) is 11.3 Å². The van der Waals surface area contributed by atoms with Crippen LogP contribution in [-0.4, -0.2) is 34.0 Å². The average Bonchev–Trinajstić information content (AvgIpc) is 3.43. The molecular weight excluding hydrogens is 374 g/mol. The lowest BCUT2D eigenvalue weighted by Crippen LogP contribution is -2.33. The van der Waals surface area contributed by atoms with Gasteiger partial charge in [0.2, 0.25) is 0 Å². The van der Waals surface area contributed by atoms with Crippen molar-refractivity contribution >= 4 is 11.3 Å². The van der Waals surface area contributed by atoms with Crippen LogP contribution in [0.3, 0.4) is 0 Å². The number of aliphatic hydroxyl groups excluding tert-OH is 2. The maximum absolute atomic E-state index is 10.6. The lowest BCUT2D eigenvalue weighted by atomic mass is 9.87. The van der Waals surface area contributed by atoms with E-state index in [0.717, 1.165) is 30.0 Å². The molecule has 2 aromatic rings. The molecule has 28 heavy (non-hydrogen) atoms. The van der Waals surface area contributed by atoms with Crippen molar-refractivity contribution in [2.24, 2.45) is 11.8 Å². The standard InChI is InChI=1S/C22H27NO4S/c24-10-15-12-28-22(23-15)20-7-6-17-18(19(25)9-21(17)27-20)11-26-16-5-4-13-2-1-3-14(13)8-16/h4-5,8,12,17-21,24-25H,1-3,6-7,9-11H2/t17-,18-,19-,20-,21+/m1/s1. The number of fused-ring (bicyclic) bond motifs is 2. The lowest BCUT2D eigenvalue weighted by Gasteiger charge is -2.33. The topological polar surface area (TPSA) is 71.8 Å². The maximum Gasteiger partial charge on any atom is 0.122 e. The van der Waals surface area contributed by atoms with E-state index in [9.17, 15) is 10.2 Å². The van der Waals surface area contributed by atoms with E-state index in [2.05, 4.69) is 23.2 Å². The summed E-state index contributed by atoms with van der Waals surface area (Å²) in [5.41, 5.74) is 3.57. The predicted molar refractivity (Wildman–Crippen MR) is 106 cm³/mol. The molecular formula is C22H27NO4S. The Bertz CT molecular complexity index is 838. The molecule has 1 saturated carbocycles. The SMILES string of the molecule is OCc1csc([C@H]2CC[C@@H]3[C@@H](COc4ccc5c(c4)CCC5)[C@H](O)C[C@@H]3O2)n1. The fraction of sp³-hybridized carbons (Fsp3) is 0.591. The number of aromatic nitrogens is 1. The number of aryl methyl sites for hydroxylation is 2. The number of nitrogens with zero attached hydrogens (tertiary/aromatic N) is 1. The van der Waals surface area contributed by atoms with Crippen molar-refractivity contribution in [2.75, 3.05) is 6.61 Å². The molecule has 1 saturated heterocycles. The number of ether oxygens (including phenoxy) is 2. The Labute approximate surface area is 169 Å². The highest BCUT2D eigenvalue weighted by molar-refractivity contribution is 7.09. The van der Waals surface area contributed by atoms with E-state index in [1.807, 2.05) is 5.38 Å². The molecule has 5 nitrogen and oxygen atoms in total. The van der Waals surface area contributed by atoms with Gasteiger partial charge in [-0.2, -0.15) is 0 Å². The highest BCUT2D eigenvalue weighted by Crippen LogP contribution is 2.46. The van der Waals surface area contributed by atoms with Crippen LogP contribution in [0.25, 0.3) is 0 Å². The van der Waals surface area contributed by atoms with Crippen LogP contribution in [0.5, 0.6) is 5.75 Å². The van der Waals surface area contributed by atoms with Gasteiger partial charge in [0, 0.05) is 17.7 Å². The van der Waals surface area contributed by atoms with Gasteiger partial charge in [-0.1, -0.05) is 6.07 Å². The van der Waals surface area contributed by atoms with Crippen LogP contribution in [0.4, 0.5) is 0 Å². The summed E-state index contributed by atoms with van der Waals surface area (Å²) in [6.45, 7) is 0.511. The molecule has 1 aromatic carbocycles. The smallest absolute Gasteiger partial charge is 0.122 e. The molecule has 0 spiro atoms. The number of hydrogen-bond acceptors (Lipinski definition) is 6. The molecule has 2 N–H and O–H groups in total. The molecule has 1 aliphatic heterocycles. The third kappa shape index (κ3) is 3.47. The van der Waals surface area contributed by atoms with Crippen molar-refractivity contribution in [1.29, 1.82) is 0 Å². The Morgan fingerprint density at radius 1 is 1.21 bits per heavy atom. The molecule has 2 fully saturated rings. The van der Waals surface area contributed by atoms with E-state index >= 15 is 0 Å². The van der Waals surface area contributed by atoms with Gasteiger partial charge in [0.05, 0.1) is 31.1 Å². The Morgan fingerprint density at radius 3 is 2.96 bits per heavy atom. The second-order valence-corrected chi connectivity index (χ2v) is 9.19. The number of rotatable bonds is 5. The largest absolute Gasteiger partial charge is 0.493 e. The molecule has 0 radical (unpaired) electrons. The van der Waals surface area contributed by atoms with Crippen LogP contribution >= 0.6 is 11.3 Å². The van der Waals surface area contributed by atoms with Gasteiger partial charge >= 0.3 is 0 Å². The van der Waals surface area contributed by atoms with Crippen LogP contribution in [0.1, 0.15) is 53.6 Å². The third-order valence-corrected chi connectivity index (χ3v) is 7.60. The van der Waals surface area contributed by atoms with Crippen LogP contribution in [0.15, 0.2) is 23.6 Å². The second-order valence-electron chi connectivity index (χ2n) is 8.30. The molecule has 0 bridgehead atoms. The van der Waals surface area contributed by atoms with Gasteiger partial charge in [-0.05, 0) is 61.3 Å². The van der Waals surface area contributed by atoms with Gasteiger partial charge in [0.15, 0.2) is 0 Å². The minimum absolute atomic E-state index is 0.0184. The highest BCUT2D eigenvalue weighted by atomic mass is 32.1. The summed E-state index contributed by atoms with van der Waals surface area (Å²) in [4.78, 5) is 4.47. The molecule has 3 aliphatic rings. The summed E-state index contributed by atoms with van der Waals surface area (Å²) < 4.78 is 12.4. The minimum atomic E-state index is -0.382. The van der Waals surface area contributed by atoms with Crippen LogP contribution in [0.2, 0.25) is 0 Å². The molecule has 2 aliphatic carbocycles. The summed E-state index contributed by atoms with van der Waals surface area (Å²) in [6.07, 6.45) is 5.80. The quantitative estimate of drug-likeness (QED) is 0.803. The molecule has 6 heteroatoms. The maximum atomic E-state index is 10.6. The summed E-state index contributed by atoms with van der Waals surface area (Å²) in [7, 11) is 0. The van der Waals surface area contributed by atoms with Crippen LogP contribution in [-0.2, 0) is 24.2 Å². The minimum Gasteiger partial charge on any atom is -0.493 e. The Balaban J connectivity index is 1.22. The van der Waals surface area contributed by atoms with Gasteiger partial charge in [0.25, 0.3) is 0 Å². The zero-order valence-electron chi connectivity index (χ0n) is 15.9. The molecule has 1 aromatic heterocycles. The Kier molecular flexibility index (Phi) is 5.13. The van der Waals surface area contributed by atoms with Gasteiger partial charge < -0.3 is 19.7 Å². The number of benzene rings is 1. The van der Waals surface area contributed by atoms with E-state index < -0.39 is 0 Å². The monoisotopic (exact) mass is 401 g/mol. The van der Waals surface area contributed by atoms with Gasteiger partial charge in [0.1, 0.15) is 16.9 Å². The first-order valence-corrected chi connectivity index (χ1v) is 11.2. The molecule has 0 unspecified atom stereocenters. The first kappa shape index (κ1) is 18.6. The summed E-state index contributed by atoms with van der Waals surface area (Å²) >= 11 is 1.55. The Hall–Kier alpha value is -1.47. The van der Waals surface area contributed by atoms with Gasteiger partial charge in [-0.25, -0.2) is 4.98 Å². The first-order valence-electron chi connectivity index (χ1n) is 10.3. The fourth-order valence-electron chi connectivity index (χ4n) is 5.12. The molecule has 150 valence electrons. The highest BCUT2D eigenvalue weighted by Gasteiger charge is 2.47.